The molecule has 3 heteroatoms. The van der Waals surface area contributed by atoms with Gasteiger partial charge < -0.3 is 9.72 Å². The van der Waals surface area contributed by atoms with E-state index in [0.29, 0.717) is 12.2 Å². The molecule has 0 spiro atoms. The van der Waals surface area contributed by atoms with Gasteiger partial charge in [0.05, 0.1) is 12.1 Å². The monoisotopic (exact) mass is 123 g/mol. The van der Waals surface area contributed by atoms with Crippen LogP contribution >= 0.6 is 0 Å². The molecule has 2 heterocycles. The summed E-state index contributed by atoms with van der Waals surface area (Å²) in [5.41, 5.74) is 0.889. The van der Waals surface area contributed by atoms with Crippen LogP contribution in [0, 0.1) is 0 Å². The van der Waals surface area contributed by atoms with Crippen molar-refractivity contribution in [1.82, 2.24) is 4.98 Å². The van der Waals surface area contributed by atoms with Crippen LogP contribution in [0.4, 0.5) is 0 Å². The van der Waals surface area contributed by atoms with Crippen LogP contribution in [0.3, 0.4) is 0 Å². The smallest absolute Gasteiger partial charge is 0.317 e. The van der Waals surface area contributed by atoms with Crippen molar-refractivity contribution in [1.29, 1.82) is 0 Å². The first-order valence-electron chi connectivity index (χ1n) is 2.73. The summed E-state index contributed by atoms with van der Waals surface area (Å²) in [6, 6.07) is 1.75. The Morgan fingerprint density at radius 3 is 3.33 bits per heavy atom. The molecule has 0 saturated carbocycles. The Hall–Kier alpha value is -1.25. The average molecular weight is 123 g/mol. The van der Waals surface area contributed by atoms with Crippen molar-refractivity contribution >= 4 is 5.97 Å². The molecule has 0 radical (unpaired) electrons. The molecule has 0 aromatic carbocycles. The van der Waals surface area contributed by atoms with Gasteiger partial charge in [0.15, 0.2) is 5.75 Å². The highest BCUT2D eigenvalue weighted by Crippen LogP contribution is 2.23. The van der Waals surface area contributed by atoms with Gasteiger partial charge in [-0.05, 0) is 6.07 Å². The summed E-state index contributed by atoms with van der Waals surface area (Å²) in [7, 11) is 0. The van der Waals surface area contributed by atoms with E-state index in [1.54, 1.807) is 12.3 Å². The number of fused-ring (bicyclic) bond motifs is 1. The van der Waals surface area contributed by atoms with Crippen LogP contribution in [-0.2, 0) is 11.2 Å². The predicted octanol–water partition coefficient (Wildman–Crippen LogP) is 0.476. The van der Waals surface area contributed by atoms with Crippen LogP contribution < -0.4 is 4.74 Å². The van der Waals surface area contributed by atoms with E-state index in [2.05, 4.69) is 4.98 Å². The Morgan fingerprint density at radius 2 is 2.56 bits per heavy atom. The molecule has 1 aliphatic heterocycles. The van der Waals surface area contributed by atoms with Crippen molar-refractivity contribution in [2.24, 2.45) is 0 Å². The first kappa shape index (κ1) is 4.61. The molecular weight excluding hydrogens is 118 g/mol. The summed E-state index contributed by atoms with van der Waals surface area (Å²) in [4.78, 5) is 13.4. The second-order valence-corrected chi connectivity index (χ2v) is 1.97. The lowest BCUT2D eigenvalue weighted by Gasteiger charge is -1.84. The van der Waals surface area contributed by atoms with Gasteiger partial charge in [-0.25, -0.2) is 0 Å². The van der Waals surface area contributed by atoms with Crippen molar-refractivity contribution in [3.63, 3.8) is 0 Å². The maximum absolute atomic E-state index is 10.5. The second-order valence-electron chi connectivity index (χ2n) is 1.97. The van der Waals surface area contributed by atoms with Crippen LogP contribution in [0.15, 0.2) is 12.3 Å². The largest absolute Gasteiger partial charge is 0.424 e. The van der Waals surface area contributed by atoms with Crippen molar-refractivity contribution in [2.45, 2.75) is 6.42 Å². The number of hydrogen-bond donors (Lipinski definition) is 1. The van der Waals surface area contributed by atoms with Crippen LogP contribution in [-0.4, -0.2) is 11.0 Å². The zero-order chi connectivity index (χ0) is 6.27. The molecular formula is C6H5NO2. The number of nitrogens with one attached hydrogen (secondary N) is 1. The average Bonchev–Trinajstić information content (AvgIpc) is 2.22. The highest BCUT2D eigenvalue weighted by Gasteiger charge is 2.20. The topological polar surface area (TPSA) is 42.1 Å². The number of aromatic amines is 1. The molecule has 0 atom stereocenters. The molecule has 3 nitrogen and oxygen atoms in total. The Kier molecular flexibility index (Phi) is 0.704. The molecule has 0 aliphatic carbocycles. The highest BCUT2D eigenvalue weighted by atomic mass is 16.5. The van der Waals surface area contributed by atoms with E-state index >= 15 is 0 Å². The standard InChI is InChI=1S/C6H5NO2/c8-6-3-4-5(9-6)1-2-7-4/h1-2,7H,3H2. The van der Waals surface area contributed by atoms with Gasteiger partial charge in [-0.3, -0.25) is 4.79 Å². The first-order chi connectivity index (χ1) is 4.36. The molecule has 0 bridgehead atoms. The molecule has 1 aromatic heterocycles. The van der Waals surface area contributed by atoms with Crippen molar-refractivity contribution in [3.8, 4) is 5.75 Å². The zero-order valence-electron chi connectivity index (χ0n) is 4.68. The van der Waals surface area contributed by atoms with Gasteiger partial charge in [0.2, 0.25) is 0 Å². The number of carbonyl (C=O) groups is 1. The van der Waals surface area contributed by atoms with E-state index in [-0.39, 0.29) is 5.97 Å². The molecule has 0 unspecified atom stereocenters. The third kappa shape index (κ3) is 0.543. The minimum absolute atomic E-state index is 0.170. The van der Waals surface area contributed by atoms with E-state index in [4.69, 9.17) is 4.74 Å². The van der Waals surface area contributed by atoms with Gasteiger partial charge in [-0.2, -0.15) is 0 Å². The third-order valence-corrected chi connectivity index (χ3v) is 1.33. The molecule has 1 aliphatic rings. The molecule has 9 heavy (non-hydrogen) atoms. The van der Waals surface area contributed by atoms with E-state index < -0.39 is 0 Å². The van der Waals surface area contributed by atoms with Crippen molar-refractivity contribution in [3.05, 3.63) is 18.0 Å². The number of esters is 1. The Morgan fingerprint density at radius 1 is 1.67 bits per heavy atom. The Balaban J connectivity index is 2.49. The fourth-order valence-electron chi connectivity index (χ4n) is 0.926. The quantitative estimate of drug-likeness (QED) is 0.510. The SMILES string of the molecule is O=C1Cc2[nH]ccc2O1. The van der Waals surface area contributed by atoms with Crippen LogP contribution in [0.2, 0.25) is 0 Å². The van der Waals surface area contributed by atoms with Gasteiger partial charge in [0.25, 0.3) is 0 Å². The summed E-state index contributed by atoms with van der Waals surface area (Å²) >= 11 is 0. The number of rotatable bonds is 0. The molecule has 46 valence electrons. The molecule has 0 amide bonds. The van der Waals surface area contributed by atoms with E-state index in [9.17, 15) is 4.79 Å². The molecule has 1 aromatic rings. The fraction of sp³-hybridized carbons (Fsp3) is 0.167. The Labute approximate surface area is 51.6 Å². The molecule has 0 saturated heterocycles. The van der Waals surface area contributed by atoms with Gasteiger partial charge >= 0.3 is 5.97 Å². The molecule has 0 fully saturated rings. The summed E-state index contributed by atoms with van der Waals surface area (Å²) in [5, 5.41) is 0. The summed E-state index contributed by atoms with van der Waals surface area (Å²) in [6.07, 6.45) is 2.15. The van der Waals surface area contributed by atoms with E-state index in [1.807, 2.05) is 0 Å². The van der Waals surface area contributed by atoms with Gasteiger partial charge in [-0.1, -0.05) is 0 Å². The normalized spacial score (nSPS) is 15.3. The van der Waals surface area contributed by atoms with E-state index in [0.717, 1.165) is 5.69 Å². The Bertz CT molecular complexity index is 229. The molecule has 2 rings (SSSR count). The van der Waals surface area contributed by atoms with Crippen molar-refractivity contribution in [2.75, 3.05) is 0 Å². The fourth-order valence-corrected chi connectivity index (χ4v) is 0.926. The van der Waals surface area contributed by atoms with Crippen LogP contribution in [0.1, 0.15) is 5.69 Å². The lowest BCUT2D eigenvalue weighted by Crippen LogP contribution is -2.00. The lowest BCUT2D eigenvalue weighted by atomic mass is 10.3. The van der Waals surface area contributed by atoms with Gasteiger partial charge in [-0.15, -0.1) is 0 Å². The van der Waals surface area contributed by atoms with E-state index in [1.165, 1.54) is 0 Å². The number of ether oxygens (including phenoxy) is 1. The summed E-state index contributed by atoms with van der Waals surface area (Å²) in [6.45, 7) is 0. The van der Waals surface area contributed by atoms with Crippen LogP contribution in [0.25, 0.3) is 0 Å². The minimum atomic E-state index is -0.170. The maximum atomic E-state index is 10.5. The number of aromatic nitrogens is 1. The number of H-pyrrole nitrogens is 1. The molecule has 1 N–H and O–H groups in total. The summed E-state index contributed by atoms with van der Waals surface area (Å²) in [5.74, 6) is 0.511. The number of carbonyl (C=O) groups excluding carboxylic acids is 1. The third-order valence-electron chi connectivity index (χ3n) is 1.33. The highest BCUT2D eigenvalue weighted by molar-refractivity contribution is 5.79. The number of hydrogen-bond acceptors (Lipinski definition) is 2. The minimum Gasteiger partial charge on any atom is -0.424 e. The van der Waals surface area contributed by atoms with Gasteiger partial charge in [0.1, 0.15) is 0 Å². The first-order valence-corrected chi connectivity index (χ1v) is 2.73. The second kappa shape index (κ2) is 1.37. The maximum Gasteiger partial charge on any atom is 0.317 e. The summed E-state index contributed by atoms with van der Waals surface area (Å²) < 4.78 is 4.78. The predicted molar refractivity (Wildman–Crippen MR) is 30.1 cm³/mol. The zero-order valence-corrected chi connectivity index (χ0v) is 4.68. The van der Waals surface area contributed by atoms with Crippen LogP contribution in [0.5, 0.6) is 5.75 Å². The lowest BCUT2D eigenvalue weighted by molar-refractivity contribution is -0.131. The van der Waals surface area contributed by atoms with Gasteiger partial charge in [0, 0.05) is 6.20 Å². The van der Waals surface area contributed by atoms with Crippen molar-refractivity contribution < 1.29 is 9.53 Å².